The average molecular weight is 233 g/mol. The van der Waals surface area contributed by atoms with Gasteiger partial charge in [0.2, 0.25) is 5.60 Å². The van der Waals surface area contributed by atoms with Crippen molar-refractivity contribution in [2.75, 3.05) is 0 Å². The van der Waals surface area contributed by atoms with E-state index in [4.69, 9.17) is 9.94 Å². The molecule has 1 aromatic carbocycles. The van der Waals surface area contributed by atoms with Crippen LogP contribution in [0.4, 0.5) is 0 Å². The van der Waals surface area contributed by atoms with Crippen LogP contribution >= 0.6 is 0 Å². The number of carboxylic acid groups (broad SMARTS) is 1. The molecule has 1 N–H and O–H groups in total. The van der Waals surface area contributed by atoms with E-state index in [-0.39, 0.29) is 5.92 Å². The fourth-order valence-electron chi connectivity index (χ4n) is 1.85. The number of oxime groups is 1. The maximum atomic E-state index is 11.0. The van der Waals surface area contributed by atoms with E-state index in [1.54, 1.807) is 6.92 Å². The van der Waals surface area contributed by atoms with Crippen LogP contribution in [0.15, 0.2) is 35.5 Å². The summed E-state index contributed by atoms with van der Waals surface area (Å²) in [7, 11) is 0. The second-order valence-electron chi connectivity index (χ2n) is 4.52. The SMILES string of the molecule is CC(C1=NOC(C)(C(=O)O)C1)c1ccccc1. The molecule has 0 aromatic heterocycles. The maximum Gasteiger partial charge on any atom is 0.351 e. The molecule has 4 heteroatoms. The van der Waals surface area contributed by atoms with E-state index in [2.05, 4.69) is 5.16 Å². The molecular weight excluding hydrogens is 218 g/mol. The highest BCUT2D eigenvalue weighted by Crippen LogP contribution is 2.30. The average Bonchev–Trinajstić information content (AvgIpc) is 2.74. The Morgan fingerprint density at radius 3 is 2.65 bits per heavy atom. The summed E-state index contributed by atoms with van der Waals surface area (Å²) in [6.45, 7) is 3.55. The highest BCUT2D eigenvalue weighted by Gasteiger charge is 2.43. The molecule has 0 saturated heterocycles. The minimum absolute atomic E-state index is 0.0809. The Morgan fingerprint density at radius 1 is 1.47 bits per heavy atom. The molecule has 4 nitrogen and oxygen atoms in total. The number of aliphatic carboxylic acids is 1. The van der Waals surface area contributed by atoms with Crippen LogP contribution in [-0.4, -0.2) is 22.4 Å². The zero-order valence-corrected chi connectivity index (χ0v) is 9.88. The Morgan fingerprint density at radius 2 is 2.12 bits per heavy atom. The molecule has 2 unspecified atom stereocenters. The van der Waals surface area contributed by atoms with Crippen molar-refractivity contribution < 1.29 is 14.7 Å². The van der Waals surface area contributed by atoms with E-state index < -0.39 is 11.6 Å². The van der Waals surface area contributed by atoms with Crippen molar-refractivity contribution in [1.82, 2.24) is 0 Å². The number of hydrogen-bond donors (Lipinski definition) is 1. The van der Waals surface area contributed by atoms with Gasteiger partial charge >= 0.3 is 5.97 Å². The summed E-state index contributed by atoms with van der Waals surface area (Å²) in [5.74, 6) is -0.895. The van der Waals surface area contributed by atoms with E-state index in [0.29, 0.717) is 6.42 Å². The van der Waals surface area contributed by atoms with E-state index in [1.165, 1.54) is 0 Å². The third kappa shape index (κ3) is 2.16. The number of carboxylic acids is 1. The van der Waals surface area contributed by atoms with Crippen LogP contribution in [0.3, 0.4) is 0 Å². The number of benzene rings is 1. The van der Waals surface area contributed by atoms with Gasteiger partial charge in [-0.05, 0) is 12.5 Å². The number of carbonyl (C=O) groups is 1. The van der Waals surface area contributed by atoms with Crippen molar-refractivity contribution >= 4 is 11.7 Å². The van der Waals surface area contributed by atoms with Crippen LogP contribution in [-0.2, 0) is 9.63 Å². The summed E-state index contributed by atoms with van der Waals surface area (Å²) in [5.41, 5.74) is 0.684. The van der Waals surface area contributed by atoms with Crippen LogP contribution in [0.25, 0.3) is 0 Å². The lowest BCUT2D eigenvalue weighted by Gasteiger charge is -2.16. The number of rotatable bonds is 3. The number of nitrogens with zero attached hydrogens (tertiary/aromatic N) is 1. The van der Waals surface area contributed by atoms with E-state index in [9.17, 15) is 4.79 Å². The molecular formula is C13H15NO3. The molecule has 0 bridgehead atoms. The van der Waals surface area contributed by atoms with Gasteiger partial charge in [-0.25, -0.2) is 4.79 Å². The van der Waals surface area contributed by atoms with Crippen LogP contribution < -0.4 is 0 Å². The third-order valence-electron chi connectivity index (χ3n) is 3.13. The zero-order chi connectivity index (χ0) is 12.5. The molecule has 2 rings (SSSR count). The standard InChI is InChI=1S/C13H15NO3/c1-9(10-6-4-3-5-7-10)11-8-13(2,12(15)16)17-14-11/h3-7,9H,8H2,1-2H3,(H,15,16). The lowest BCUT2D eigenvalue weighted by molar-refractivity contribution is -0.160. The fourth-order valence-corrected chi connectivity index (χ4v) is 1.85. The summed E-state index contributed by atoms with van der Waals surface area (Å²) >= 11 is 0. The molecule has 0 spiro atoms. The summed E-state index contributed by atoms with van der Waals surface area (Å²) in [5, 5.41) is 13.0. The molecule has 17 heavy (non-hydrogen) atoms. The van der Waals surface area contributed by atoms with Gasteiger partial charge in [0.05, 0.1) is 5.71 Å². The lowest BCUT2D eigenvalue weighted by Crippen LogP contribution is -2.35. The van der Waals surface area contributed by atoms with Gasteiger partial charge in [0, 0.05) is 12.3 Å². The summed E-state index contributed by atoms with van der Waals surface area (Å²) in [4.78, 5) is 16.1. The largest absolute Gasteiger partial charge is 0.478 e. The van der Waals surface area contributed by atoms with E-state index in [1.807, 2.05) is 37.3 Å². The van der Waals surface area contributed by atoms with Gasteiger partial charge in [-0.3, -0.25) is 0 Å². The molecule has 0 saturated carbocycles. The van der Waals surface area contributed by atoms with Crippen molar-refractivity contribution in [1.29, 1.82) is 0 Å². The normalized spacial score (nSPS) is 24.9. The summed E-state index contributed by atoms with van der Waals surface area (Å²) in [6.07, 6.45) is 0.332. The Balaban J connectivity index is 2.14. The van der Waals surface area contributed by atoms with E-state index in [0.717, 1.165) is 11.3 Å². The van der Waals surface area contributed by atoms with Crippen molar-refractivity contribution in [3.05, 3.63) is 35.9 Å². The van der Waals surface area contributed by atoms with Gasteiger partial charge < -0.3 is 9.94 Å². The van der Waals surface area contributed by atoms with E-state index >= 15 is 0 Å². The van der Waals surface area contributed by atoms with Crippen molar-refractivity contribution in [3.63, 3.8) is 0 Å². The monoisotopic (exact) mass is 233 g/mol. The van der Waals surface area contributed by atoms with Gasteiger partial charge in [-0.15, -0.1) is 0 Å². The van der Waals surface area contributed by atoms with Gasteiger partial charge in [-0.2, -0.15) is 0 Å². The fraction of sp³-hybridized carbons (Fsp3) is 0.385. The second kappa shape index (κ2) is 4.20. The Labute approximate surface area is 99.9 Å². The number of hydrogen-bond acceptors (Lipinski definition) is 3. The first-order valence-electron chi connectivity index (χ1n) is 5.56. The first kappa shape index (κ1) is 11.6. The highest BCUT2D eigenvalue weighted by atomic mass is 16.7. The van der Waals surface area contributed by atoms with Crippen molar-refractivity contribution in [3.8, 4) is 0 Å². The molecule has 2 atom stereocenters. The summed E-state index contributed by atoms with van der Waals surface area (Å²) < 4.78 is 0. The predicted molar refractivity (Wildman–Crippen MR) is 64.0 cm³/mol. The van der Waals surface area contributed by atoms with Gasteiger partial charge in [0.25, 0.3) is 0 Å². The summed E-state index contributed by atoms with van der Waals surface area (Å²) in [6, 6.07) is 9.87. The van der Waals surface area contributed by atoms with Crippen LogP contribution in [0.2, 0.25) is 0 Å². The van der Waals surface area contributed by atoms with Crippen molar-refractivity contribution in [2.45, 2.75) is 31.8 Å². The third-order valence-corrected chi connectivity index (χ3v) is 3.13. The lowest BCUT2D eigenvalue weighted by atomic mass is 9.89. The quantitative estimate of drug-likeness (QED) is 0.872. The first-order valence-corrected chi connectivity index (χ1v) is 5.56. The zero-order valence-electron chi connectivity index (χ0n) is 9.88. The van der Waals surface area contributed by atoms with Gasteiger partial charge in [-0.1, -0.05) is 42.4 Å². The highest BCUT2D eigenvalue weighted by molar-refractivity contribution is 5.96. The molecule has 0 amide bonds. The minimum Gasteiger partial charge on any atom is -0.478 e. The molecule has 0 aliphatic carbocycles. The Kier molecular flexibility index (Phi) is 2.88. The molecule has 1 heterocycles. The molecule has 1 aliphatic heterocycles. The minimum atomic E-state index is -1.21. The van der Waals surface area contributed by atoms with Gasteiger partial charge in [0.1, 0.15) is 0 Å². The molecule has 1 aromatic rings. The van der Waals surface area contributed by atoms with Crippen molar-refractivity contribution in [2.24, 2.45) is 5.16 Å². The maximum absolute atomic E-state index is 11.0. The molecule has 1 aliphatic rings. The Hall–Kier alpha value is -1.84. The van der Waals surface area contributed by atoms with Crippen LogP contribution in [0.5, 0.6) is 0 Å². The van der Waals surface area contributed by atoms with Crippen LogP contribution in [0, 0.1) is 0 Å². The molecule has 90 valence electrons. The molecule has 0 fully saturated rings. The first-order chi connectivity index (χ1) is 8.03. The Bertz CT molecular complexity index is 455. The second-order valence-corrected chi connectivity index (χ2v) is 4.52. The molecule has 0 radical (unpaired) electrons. The topological polar surface area (TPSA) is 58.9 Å². The van der Waals surface area contributed by atoms with Gasteiger partial charge in [0.15, 0.2) is 0 Å². The van der Waals surface area contributed by atoms with Crippen LogP contribution in [0.1, 0.15) is 31.7 Å². The smallest absolute Gasteiger partial charge is 0.351 e. The predicted octanol–water partition coefficient (Wildman–Crippen LogP) is 2.41.